The Bertz CT molecular complexity index is 611. The molecule has 0 N–H and O–H groups in total. The Kier molecular flexibility index (Phi) is 4.51. The second-order valence-corrected chi connectivity index (χ2v) is 5.50. The van der Waals surface area contributed by atoms with Gasteiger partial charge in [-0.15, -0.1) is 0 Å². The molecule has 0 radical (unpaired) electrons. The van der Waals surface area contributed by atoms with Crippen molar-refractivity contribution in [3.05, 3.63) is 53.1 Å². The van der Waals surface area contributed by atoms with E-state index in [1.54, 1.807) is 20.1 Å². The van der Waals surface area contributed by atoms with Crippen LogP contribution >= 0.6 is 23.4 Å². The lowest BCUT2D eigenvalue weighted by Crippen LogP contribution is -1.99. The summed E-state index contributed by atoms with van der Waals surface area (Å²) in [6, 6.07) is 13.1. The number of methoxy groups -OCH3 is 1. The molecule has 2 rings (SSSR count). The minimum Gasteiger partial charge on any atom is -0.496 e. The van der Waals surface area contributed by atoms with Crippen LogP contribution in [-0.2, 0) is 0 Å². The number of hydrogen-bond donors (Lipinski definition) is 0. The Morgan fingerprint density at radius 3 is 2.58 bits per heavy atom. The standard InChI is InChI=1S/C15H13ClO2S/c1-10(17)15-13(18-2)7-4-8-14(15)19-12-6-3-5-11(16)9-12/h3-9H,1-2H3. The quantitative estimate of drug-likeness (QED) is 0.764. The molecule has 0 amide bonds. The summed E-state index contributed by atoms with van der Waals surface area (Å²) in [5.74, 6) is 0.585. The molecule has 2 aromatic rings. The van der Waals surface area contributed by atoms with Gasteiger partial charge in [-0.1, -0.05) is 35.5 Å². The normalized spacial score (nSPS) is 10.3. The smallest absolute Gasteiger partial charge is 0.164 e. The third kappa shape index (κ3) is 3.31. The zero-order valence-electron chi connectivity index (χ0n) is 10.6. The predicted molar refractivity (Wildman–Crippen MR) is 78.6 cm³/mol. The van der Waals surface area contributed by atoms with Gasteiger partial charge in [-0.25, -0.2) is 0 Å². The van der Waals surface area contributed by atoms with Crippen LogP contribution in [0.1, 0.15) is 17.3 Å². The van der Waals surface area contributed by atoms with Crippen LogP contribution in [0.3, 0.4) is 0 Å². The third-order valence-corrected chi connectivity index (χ3v) is 3.87. The number of halogens is 1. The second kappa shape index (κ2) is 6.13. The minimum atomic E-state index is -0.0121. The topological polar surface area (TPSA) is 26.3 Å². The molecular weight excluding hydrogens is 280 g/mol. The van der Waals surface area contributed by atoms with Crippen LogP contribution in [0.5, 0.6) is 5.75 Å². The molecule has 0 heterocycles. The van der Waals surface area contributed by atoms with E-state index >= 15 is 0 Å². The Labute approximate surface area is 121 Å². The van der Waals surface area contributed by atoms with Crippen LogP contribution in [-0.4, -0.2) is 12.9 Å². The number of Topliss-reactive ketones (excluding diaryl/α,β-unsaturated/α-hetero) is 1. The number of ketones is 1. The van der Waals surface area contributed by atoms with Gasteiger partial charge in [0.15, 0.2) is 5.78 Å². The Hall–Kier alpha value is -1.45. The molecule has 0 unspecified atom stereocenters. The molecule has 0 bridgehead atoms. The van der Waals surface area contributed by atoms with Crippen molar-refractivity contribution >= 4 is 29.1 Å². The molecule has 2 aromatic carbocycles. The summed E-state index contributed by atoms with van der Waals surface area (Å²) in [5, 5.41) is 0.678. The molecule has 19 heavy (non-hydrogen) atoms. The first kappa shape index (κ1) is 14.0. The summed E-state index contributed by atoms with van der Waals surface area (Å²) in [7, 11) is 1.57. The summed E-state index contributed by atoms with van der Waals surface area (Å²) < 4.78 is 5.25. The Balaban J connectivity index is 2.42. The van der Waals surface area contributed by atoms with E-state index in [0.717, 1.165) is 9.79 Å². The lowest BCUT2D eigenvalue weighted by Gasteiger charge is -2.11. The Morgan fingerprint density at radius 1 is 1.21 bits per heavy atom. The van der Waals surface area contributed by atoms with Gasteiger partial charge in [-0.3, -0.25) is 4.79 Å². The fraction of sp³-hybridized carbons (Fsp3) is 0.133. The lowest BCUT2D eigenvalue weighted by molar-refractivity contribution is 0.101. The average molecular weight is 293 g/mol. The molecule has 0 aliphatic heterocycles. The van der Waals surface area contributed by atoms with Gasteiger partial charge >= 0.3 is 0 Å². The van der Waals surface area contributed by atoms with Gasteiger partial charge in [0, 0.05) is 14.8 Å². The van der Waals surface area contributed by atoms with Crippen LogP contribution in [0.15, 0.2) is 52.3 Å². The fourth-order valence-corrected chi connectivity index (χ4v) is 3.11. The van der Waals surface area contributed by atoms with Gasteiger partial charge < -0.3 is 4.74 Å². The van der Waals surface area contributed by atoms with E-state index in [-0.39, 0.29) is 5.78 Å². The molecule has 0 aliphatic rings. The van der Waals surface area contributed by atoms with Crippen molar-refractivity contribution in [2.45, 2.75) is 16.7 Å². The number of carbonyl (C=O) groups is 1. The van der Waals surface area contributed by atoms with Crippen molar-refractivity contribution in [3.63, 3.8) is 0 Å². The molecule has 0 fully saturated rings. The van der Waals surface area contributed by atoms with Gasteiger partial charge in [0.25, 0.3) is 0 Å². The summed E-state index contributed by atoms with van der Waals surface area (Å²) >= 11 is 7.47. The van der Waals surface area contributed by atoms with Crippen LogP contribution < -0.4 is 4.74 Å². The van der Waals surface area contributed by atoms with Crippen molar-refractivity contribution in [2.75, 3.05) is 7.11 Å². The van der Waals surface area contributed by atoms with E-state index in [1.807, 2.05) is 36.4 Å². The summed E-state index contributed by atoms with van der Waals surface area (Å²) in [6.45, 7) is 1.54. The average Bonchev–Trinajstić information content (AvgIpc) is 2.38. The van der Waals surface area contributed by atoms with E-state index in [9.17, 15) is 4.79 Å². The summed E-state index contributed by atoms with van der Waals surface area (Å²) in [4.78, 5) is 13.6. The fourth-order valence-electron chi connectivity index (χ4n) is 1.77. The molecule has 0 aliphatic carbocycles. The summed E-state index contributed by atoms with van der Waals surface area (Å²) in [6.07, 6.45) is 0. The summed E-state index contributed by atoms with van der Waals surface area (Å²) in [5.41, 5.74) is 0.606. The van der Waals surface area contributed by atoms with Crippen LogP contribution in [0.2, 0.25) is 5.02 Å². The van der Waals surface area contributed by atoms with Crippen LogP contribution in [0.4, 0.5) is 0 Å². The number of rotatable bonds is 4. The van der Waals surface area contributed by atoms with Crippen molar-refractivity contribution in [3.8, 4) is 5.75 Å². The molecule has 0 atom stereocenters. The highest BCUT2D eigenvalue weighted by atomic mass is 35.5. The van der Waals surface area contributed by atoms with Gasteiger partial charge in [0.1, 0.15) is 5.75 Å². The van der Waals surface area contributed by atoms with E-state index in [4.69, 9.17) is 16.3 Å². The molecule has 98 valence electrons. The molecule has 0 spiro atoms. The maximum absolute atomic E-state index is 11.8. The van der Waals surface area contributed by atoms with Gasteiger partial charge in [0.2, 0.25) is 0 Å². The highest BCUT2D eigenvalue weighted by Crippen LogP contribution is 2.35. The first-order chi connectivity index (χ1) is 9.11. The minimum absolute atomic E-state index is 0.0121. The first-order valence-electron chi connectivity index (χ1n) is 5.73. The van der Waals surface area contributed by atoms with Crippen molar-refractivity contribution in [1.82, 2.24) is 0 Å². The zero-order chi connectivity index (χ0) is 13.8. The Morgan fingerprint density at radius 2 is 1.95 bits per heavy atom. The van der Waals surface area contributed by atoms with Gasteiger partial charge in [-0.2, -0.15) is 0 Å². The van der Waals surface area contributed by atoms with E-state index < -0.39 is 0 Å². The SMILES string of the molecule is COc1cccc(Sc2cccc(Cl)c2)c1C(C)=O. The third-order valence-electron chi connectivity index (χ3n) is 2.58. The van der Waals surface area contributed by atoms with Crippen molar-refractivity contribution in [1.29, 1.82) is 0 Å². The molecule has 0 saturated heterocycles. The zero-order valence-corrected chi connectivity index (χ0v) is 12.2. The monoisotopic (exact) mass is 292 g/mol. The molecule has 0 aromatic heterocycles. The van der Waals surface area contributed by atoms with E-state index in [2.05, 4.69) is 0 Å². The predicted octanol–water partition coefficient (Wildman–Crippen LogP) is 4.70. The van der Waals surface area contributed by atoms with E-state index in [1.165, 1.54) is 11.8 Å². The van der Waals surface area contributed by atoms with Gasteiger partial charge in [-0.05, 0) is 37.3 Å². The largest absolute Gasteiger partial charge is 0.496 e. The highest BCUT2D eigenvalue weighted by molar-refractivity contribution is 7.99. The number of hydrogen-bond acceptors (Lipinski definition) is 3. The lowest BCUT2D eigenvalue weighted by atomic mass is 10.1. The molecule has 0 saturated carbocycles. The molecule has 2 nitrogen and oxygen atoms in total. The molecule has 4 heteroatoms. The maximum Gasteiger partial charge on any atom is 0.164 e. The number of benzene rings is 2. The van der Waals surface area contributed by atoms with Crippen LogP contribution in [0.25, 0.3) is 0 Å². The van der Waals surface area contributed by atoms with Crippen LogP contribution in [0, 0.1) is 0 Å². The first-order valence-corrected chi connectivity index (χ1v) is 6.92. The number of ether oxygens (including phenoxy) is 1. The van der Waals surface area contributed by atoms with Crippen molar-refractivity contribution < 1.29 is 9.53 Å². The maximum atomic E-state index is 11.8. The second-order valence-electron chi connectivity index (χ2n) is 3.95. The highest BCUT2D eigenvalue weighted by Gasteiger charge is 2.14. The number of carbonyl (C=O) groups excluding carboxylic acids is 1. The van der Waals surface area contributed by atoms with Crippen molar-refractivity contribution in [2.24, 2.45) is 0 Å². The van der Waals surface area contributed by atoms with Gasteiger partial charge in [0.05, 0.1) is 12.7 Å². The molecular formula is C15H13ClO2S. The van der Waals surface area contributed by atoms with E-state index in [0.29, 0.717) is 16.3 Å².